The second kappa shape index (κ2) is 6.64. The standard InChI is InChI=1S/C13H14Cl2N2O2S2/c1-8-4-5-20-11(8)7-17-21(18,19)12-3-2-10(14)9(6-16)13(12)15/h2-5,17H,6-7,16H2,1H3. The molecular formula is C13H14Cl2N2O2S2. The van der Waals surface area contributed by atoms with E-state index in [4.69, 9.17) is 28.9 Å². The third-order valence-corrected chi connectivity index (χ3v) is 6.40. The molecule has 114 valence electrons. The van der Waals surface area contributed by atoms with E-state index in [1.165, 1.54) is 23.5 Å². The Morgan fingerprint density at radius 1 is 1.29 bits per heavy atom. The summed E-state index contributed by atoms with van der Waals surface area (Å²) in [5.74, 6) is 0. The van der Waals surface area contributed by atoms with Gasteiger partial charge in [-0.05, 0) is 36.1 Å². The van der Waals surface area contributed by atoms with Gasteiger partial charge in [0.25, 0.3) is 0 Å². The third-order valence-electron chi connectivity index (χ3n) is 3.04. The lowest BCUT2D eigenvalue weighted by molar-refractivity contribution is 0.581. The van der Waals surface area contributed by atoms with Crippen LogP contribution in [0.3, 0.4) is 0 Å². The minimum Gasteiger partial charge on any atom is -0.326 e. The Kier molecular flexibility index (Phi) is 5.29. The smallest absolute Gasteiger partial charge is 0.242 e. The summed E-state index contributed by atoms with van der Waals surface area (Å²) in [6.07, 6.45) is 0. The molecule has 21 heavy (non-hydrogen) atoms. The average molecular weight is 365 g/mol. The van der Waals surface area contributed by atoms with E-state index in [1.54, 1.807) is 0 Å². The van der Waals surface area contributed by atoms with E-state index < -0.39 is 10.0 Å². The molecule has 1 aromatic carbocycles. The van der Waals surface area contributed by atoms with Gasteiger partial charge in [-0.25, -0.2) is 13.1 Å². The van der Waals surface area contributed by atoms with Crippen LogP contribution >= 0.6 is 34.5 Å². The Hall–Kier alpha value is -0.630. The predicted octanol–water partition coefficient (Wildman–Crippen LogP) is 3.30. The van der Waals surface area contributed by atoms with Crippen molar-refractivity contribution >= 4 is 44.6 Å². The fourth-order valence-corrected chi connectivity index (χ4v) is 4.66. The number of hydrogen-bond donors (Lipinski definition) is 2. The quantitative estimate of drug-likeness (QED) is 0.854. The number of nitrogens with one attached hydrogen (secondary N) is 1. The largest absolute Gasteiger partial charge is 0.326 e. The van der Waals surface area contributed by atoms with E-state index >= 15 is 0 Å². The van der Waals surface area contributed by atoms with Gasteiger partial charge >= 0.3 is 0 Å². The van der Waals surface area contributed by atoms with E-state index in [0.29, 0.717) is 10.6 Å². The van der Waals surface area contributed by atoms with E-state index in [1.807, 2.05) is 18.4 Å². The van der Waals surface area contributed by atoms with Crippen molar-refractivity contribution in [3.63, 3.8) is 0 Å². The van der Waals surface area contributed by atoms with Gasteiger partial charge < -0.3 is 5.73 Å². The van der Waals surface area contributed by atoms with Crippen LogP contribution in [0.15, 0.2) is 28.5 Å². The Balaban J connectivity index is 2.30. The number of hydrogen-bond acceptors (Lipinski definition) is 4. The lowest BCUT2D eigenvalue weighted by atomic mass is 10.2. The molecule has 0 aliphatic heterocycles. The first-order valence-corrected chi connectivity index (χ1v) is 9.18. The molecule has 0 atom stereocenters. The van der Waals surface area contributed by atoms with Crippen molar-refractivity contribution in [1.82, 2.24) is 4.72 Å². The Bertz CT molecular complexity index is 758. The summed E-state index contributed by atoms with van der Waals surface area (Å²) < 4.78 is 27.3. The highest BCUT2D eigenvalue weighted by molar-refractivity contribution is 7.89. The summed E-state index contributed by atoms with van der Waals surface area (Å²) in [6, 6.07) is 4.81. The van der Waals surface area contributed by atoms with E-state index in [-0.39, 0.29) is 23.0 Å². The molecule has 0 saturated heterocycles. The van der Waals surface area contributed by atoms with Crippen molar-refractivity contribution in [3.05, 3.63) is 49.6 Å². The number of aryl methyl sites for hydroxylation is 1. The summed E-state index contributed by atoms with van der Waals surface area (Å²) in [6.45, 7) is 2.23. The zero-order chi connectivity index (χ0) is 15.6. The molecule has 8 heteroatoms. The molecule has 0 spiro atoms. The van der Waals surface area contributed by atoms with Gasteiger partial charge in [-0.3, -0.25) is 0 Å². The zero-order valence-corrected chi connectivity index (χ0v) is 14.3. The van der Waals surface area contributed by atoms with Crippen molar-refractivity contribution in [2.24, 2.45) is 5.73 Å². The van der Waals surface area contributed by atoms with Crippen LogP contribution in [0.2, 0.25) is 10.0 Å². The number of halogens is 2. The number of nitrogens with two attached hydrogens (primary N) is 1. The normalized spacial score (nSPS) is 11.8. The molecule has 0 amide bonds. The molecule has 0 aliphatic carbocycles. The summed E-state index contributed by atoms with van der Waals surface area (Å²) in [5.41, 5.74) is 7.03. The monoisotopic (exact) mass is 364 g/mol. The Labute approximate surface area is 137 Å². The van der Waals surface area contributed by atoms with E-state index in [0.717, 1.165) is 10.4 Å². The zero-order valence-electron chi connectivity index (χ0n) is 11.2. The second-order valence-electron chi connectivity index (χ2n) is 4.39. The maximum atomic E-state index is 12.4. The van der Waals surface area contributed by atoms with E-state index in [9.17, 15) is 8.42 Å². The number of benzene rings is 1. The molecule has 0 fully saturated rings. The first kappa shape index (κ1) is 16.7. The van der Waals surface area contributed by atoms with Gasteiger partial charge in [-0.15, -0.1) is 11.3 Å². The lowest BCUT2D eigenvalue weighted by Gasteiger charge is -2.11. The SMILES string of the molecule is Cc1ccsc1CNS(=O)(=O)c1ccc(Cl)c(CN)c1Cl. The Morgan fingerprint density at radius 3 is 2.57 bits per heavy atom. The minimum absolute atomic E-state index is 0.0109. The third kappa shape index (κ3) is 3.59. The Morgan fingerprint density at radius 2 is 2.00 bits per heavy atom. The summed E-state index contributed by atoms with van der Waals surface area (Å²) in [7, 11) is -3.72. The fourth-order valence-electron chi connectivity index (χ4n) is 1.79. The summed E-state index contributed by atoms with van der Waals surface area (Å²) in [5, 5.41) is 2.34. The number of thiophene rings is 1. The molecule has 1 aromatic heterocycles. The van der Waals surface area contributed by atoms with Gasteiger partial charge in [-0.2, -0.15) is 0 Å². The van der Waals surface area contributed by atoms with Gasteiger partial charge in [0.05, 0.1) is 5.02 Å². The van der Waals surface area contributed by atoms with E-state index in [2.05, 4.69) is 4.72 Å². The van der Waals surface area contributed by atoms with Crippen LogP contribution < -0.4 is 10.5 Å². The van der Waals surface area contributed by atoms with Crippen LogP contribution in [-0.4, -0.2) is 8.42 Å². The maximum absolute atomic E-state index is 12.4. The minimum atomic E-state index is -3.72. The molecule has 0 bridgehead atoms. The molecule has 0 radical (unpaired) electrons. The lowest BCUT2D eigenvalue weighted by Crippen LogP contribution is -2.23. The first-order chi connectivity index (χ1) is 9.86. The van der Waals surface area contributed by atoms with Crippen LogP contribution in [0.25, 0.3) is 0 Å². The maximum Gasteiger partial charge on any atom is 0.242 e. The van der Waals surface area contributed by atoms with Crippen molar-refractivity contribution in [2.45, 2.75) is 24.9 Å². The van der Waals surface area contributed by atoms with Crippen LogP contribution in [-0.2, 0) is 23.1 Å². The van der Waals surface area contributed by atoms with Crippen LogP contribution in [0.5, 0.6) is 0 Å². The second-order valence-corrected chi connectivity index (χ2v) is 7.91. The average Bonchev–Trinajstić information content (AvgIpc) is 2.82. The van der Waals surface area contributed by atoms with Crippen LogP contribution in [0.1, 0.15) is 16.0 Å². The van der Waals surface area contributed by atoms with Crippen molar-refractivity contribution in [3.8, 4) is 0 Å². The van der Waals surface area contributed by atoms with Crippen molar-refractivity contribution < 1.29 is 8.42 Å². The molecule has 3 N–H and O–H groups in total. The van der Waals surface area contributed by atoms with Gasteiger partial charge in [0.1, 0.15) is 4.90 Å². The molecule has 2 aromatic rings. The number of rotatable bonds is 5. The van der Waals surface area contributed by atoms with Gasteiger partial charge in [0.15, 0.2) is 0 Å². The molecule has 4 nitrogen and oxygen atoms in total. The molecular weight excluding hydrogens is 351 g/mol. The molecule has 2 rings (SSSR count). The summed E-state index contributed by atoms with van der Waals surface area (Å²) in [4.78, 5) is 0.950. The predicted molar refractivity (Wildman–Crippen MR) is 87.4 cm³/mol. The highest BCUT2D eigenvalue weighted by Crippen LogP contribution is 2.30. The van der Waals surface area contributed by atoms with Gasteiger partial charge in [0.2, 0.25) is 10.0 Å². The van der Waals surface area contributed by atoms with Crippen LogP contribution in [0, 0.1) is 6.92 Å². The highest BCUT2D eigenvalue weighted by atomic mass is 35.5. The molecule has 0 unspecified atom stereocenters. The molecule has 1 heterocycles. The van der Waals surface area contributed by atoms with Crippen LogP contribution in [0.4, 0.5) is 0 Å². The molecule has 0 saturated carbocycles. The van der Waals surface area contributed by atoms with Crippen molar-refractivity contribution in [2.75, 3.05) is 0 Å². The topological polar surface area (TPSA) is 72.2 Å². The molecule has 0 aliphatic rings. The van der Waals surface area contributed by atoms with Gasteiger partial charge in [0, 0.05) is 28.6 Å². The fraction of sp³-hybridized carbons (Fsp3) is 0.231. The number of sulfonamides is 1. The highest BCUT2D eigenvalue weighted by Gasteiger charge is 2.21. The van der Waals surface area contributed by atoms with Gasteiger partial charge in [-0.1, -0.05) is 23.2 Å². The first-order valence-electron chi connectivity index (χ1n) is 6.06. The summed E-state index contributed by atoms with van der Waals surface area (Å²) >= 11 is 13.6. The van der Waals surface area contributed by atoms with Crippen molar-refractivity contribution in [1.29, 1.82) is 0 Å².